The van der Waals surface area contributed by atoms with E-state index < -0.39 is 0 Å². The van der Waals surface area contributed by atoms with Crippen molar-refractivity contribution in [3.05, 3.63) is 0 Å². The van der Waals surface area contributed by atoms with E-state index in [-0.39, 0.29) is 0 Å². The monoisotopic (exact) mass is 539 g/mol. The van der Waals surface area contributed by atoms with Crippen molar-refractivity contribution in [2.75, 3.05) is 39.3 Å². The molecule has 0 aliphatic carbocycles. The largest absolute Gasteiger partial charge is 0.303 e. The Kier molecular flexibility index (Phi) is 38.9. The average molecular weight is 539 g/mol. The summed E-state index contributed by atoms with van der Waals surface area (Å²) >= 11 is 0. The van der Waals surface area contributed by atoms with Crippen LogP contribution < -0.4 is 0 Å². The zero-order valence-electron chi connectivity index (χ0n) is 28.1. The van der Waals surface area contributed by atoms with Crippen LogP contribution in [0.15, 0.2) is 0 Å². The highest BCUT2D eigenvalue weighted by Gasteiger charge is 2.05. The summed E-state index contributed by atoms with van der Waals surface area (Å²) in [6.45, 7) is 21.8. The van der Waals surface area contributed by atoms with E-state index in [0.717, 1.165) is 0 Å². The van der Waals surface area contributed by atoms with Gasteiger partial charge in [0.1, 0.15) is 0 Å². The van der Waals surface area contributed by atoms with Crippen LogP contribution in [0.1, 0.15) is 196 Å². The van der Waals surface area contributed by atoms with Gasteiger partial charge in [-0.3, -0.25) is 0 Å². The van der Waals surface area contributed by atoms with Gasteiger partial charge >= 0.3 is 0 Å². The average Bonchev–Trinajstić information content (AvgIpc) is 2.93. The van der Waals surface area contributed by atoms with Crippen LogP contribution in [0.2, 0.25) is 0 Å². The molecule has 38 heavy (non-hydrogen) atoms. The molecular weight excluding hydrogens is 460 g/mol. The molecule has 0 unspecified atom stereocenters. The first-order valence-electron chi connectivity index (χ1n) is 18.1. The zero-order chi connectivity index (χ0) is 28.4. The lowest BCUT2D eigenvalue weighted by Gasteiger charge is -2.22. The Morgan fingerprint density at radius 3 is 0.632 bits per heavy atom. The van der Waals surface area contributed by atoms with Crippen molar-refractivity contribution in [3.8, 4) is 0 Å². The first-order chi connectivity index (χ1) is 18.7. The van der Waals surface area contributed by atoms with E-state index in [0.29, 0.717) is 0 Å². The molecule has 232 valence electrons. The fourth-order valence-electron chi connectivity index (χ4n) is 5.16. The number of hydrogen-bond acceptors (Lipinski definition) is 2. The Morgan fingerprint density at radius 1 is 0.211 bits per heavy atom. The van der Waals surface area contributed by atoms with Gasteiger partial charge in [0.2, 0.25) is 0 Å². The van der Waals surface area contributed by atoms with Crippen LogP contribution in [-0.4, -0.2) is 49.1 Å². The first-order valence-corrected chi connectivity index (χ1v) is 18.1. The summed E-state index contributed by atoms with van der Waals surface area (Å²) in [5.74, 6) is 0. The third-order valence-corrected chi connectivity index (χ3v) is 7.97. The van der Waals surface area contributed by atoms with Gasteiger partial charge in [0, 0.05) is 0 Å². The summed E-state index contributed by atoms with van der Waals surface area (Å²) in [5.41, 5.74) is 0. The number of nitrogens with zero attached hydrogens (tertiary/aromatic N) is 2. The topological polar surface area (TPSA) is 6.48 Å². The number of hydrogen-bond donors (Lipinski definition) is 0. The van der Waals surface area contributed by atoms with Crippen LogP contribution in [-0.2, 0) is 0 Å². The number of rotatable bonds is 30. The van der Waals surface area contributed by atoms with Gasteiger partial charge in [-0.25, -0.2) is 0 Å². The van der Waals surface area contributed by atoms with Gasteiger partial charge in [-0.2, -0.15) is 0 Å². The molecule has 0 aromatic heterocycles. The zero-order valence-corrected chi connectivity index (χ0v) is 28.1. The minimum absolute atomic E-state index is 1.32. The molecule has 0 spiro atoms. The molecule has 0 amide bonds. The second-order valence-electron chi connectivity index (χ2n) is 12.0. The van der Waals surface area contributed by atoms with Crippen LogP contribution in [0.4, 0.5) is 0 Å². The third kappa shape index (κ3) is 33.9. The van der Waals surface area contributed by atoms with E-state index in [1.165, 1.54) is 193 Å². The summed E-state index contributed by atoms with van der Waals surface area (Å²) < 4.78 is 0. The maximum Gasteiger partial charge on any atom is -0.00187 e. The van der Waals surface area contributed by atoms with Gasteiger partial charge in [0.25, 0.3) is 0 Å². The SMILES string of the molecule is CCCCCCCCN(CCCCCCCC)CCCCCCCC.CCCCN(CCCC)CCCC. The van der Waals surface area contributed by atoms with Gasteiger partial charge in [-0.1, -0.05) is 157 Å². The summed E-state index contributed by atoms with van der Waals surface area (Å²) in [6.07, 6.45) is 33.8. The molecule has 2 nitrogen and oxygen atoms in total. The summed E-state index contributed by atoms with van der Waals surface area (Å²) in [5, 5.41) is 0. The van der Waals surface area contributed by atoms with Crippen LogP contribution in [0.3, 0.4) is 0 Å². The fourth-order valence-corrected chi connectivity index (χ4v) is 5.16. The van der Waals surface area contributed by atoms with Crippen molar-refractivity contribution in [2.45, 2.75) is 196 Å². The lowest BCUT2D eigenvalue weighted by molar-refractivity contribution is 0.254. The summed E-state index contributed by atoms with van der Waals surface area (Å²) in [7, 11) is 0. The maximum atomic E-state index is 2.79. The first kappa shape index (κ1) is 40.1. The van der Waals surface area contributed by atoms with Gasteiger partial charge in [-0.05, 0) is 77.8 Å². The van der Waals surface area contributed by atoms with Gasteiger partial charge in [-0.15, -0.1) is 0 Å². The summed E-state index contributed by atoms with van der Waals surface area (Å²) in [6, 6.07) is 0. The van der Waals surface area contributed by atoms with E-state index in [1.54, 1.807) is 0 Å². The quantitative estimate of drug-likeness (QED) is 0.0839. The molecule has 0 atom stereocenters. The second-order valence-corrected chi connectivity index (χ2v) is 12.0. The van der Waals surface area contributed by atoms with Crippen LogP contribution in [0, 0.1) is 0 Å². The van der Waals surface area contributed by atoms with Gasteiger partial charge < -0.3 is 9.80 Å². The Balaban J connectivity index is 0. The van der Waals surface area contributed by atoms with E-state index in [4.69, 9.17) is 0 Å². The van der Waals surface area contributed by atoms with Crippen molar-refractivity contribution < 1.29 is 0 Å². The molecule has 0 fully saturated rings. The smallest absolute Gasteiger partial charge is 0.00187 e. The molecule has 0 saturated heterocycles. The Labute approximate surface area is 244 Å². The molecule has 0 saturated carbocycles. The molecule has 0 aliphatic heterocycles. The van der Waals surface area contributed by atoms with E-state index in [2.05, 4.69) is 51.3 Å². The van der Waals surface area contributed by atoms with Crippen LogP contribution in [0.25, 0.3) is 0 Å². The van der Waals surface area contributed by atoms with Crippen LogP contribution >= 0.6 is 0 Å². The van der Waals surface area contributed by atoms with Crippen molar-refractivity contribution >= 4 is 0 Å². The molecule has 0 aliphatic rings. The molecule has 0 radical (unpaired) electrons. The molecule has 0 aromatic rings. The highest BCUT2D eigenvalue weighted by Crippen LogP contribution is 2.11. The lowest BCUT2D eigenvalue weighted by atomic mass is 10.1. The maximum absolute atomic E-state index is 2.79. The minimum Gasteiger partial charge on any atom is -0.303 e. The highest BCUT2D eigenvalue weighted by molar-refractivity contribution is 4.61. The van der Waals surface area contributed by atoms with Crippen LogP contribution in [0.5, 0.6) is 0 Å². The summed E-state index contributed by atoms with van der Waals surface area (Å²) in [4.78, 5) is 5.43. The second kappa shape index (κ2) is 36.9. The molecule has 0 rings (SSSR count). The predicted molar refractivity (Wildman–Crippen MR) is 178 cm³/mol. The molecule has 0 bridgehead atoms. The minimum atomic E-state index is 1.32. The predicted octanol–water partition coefficient (Wildman–Crippen LogP) is 12.1. The molecule has 0 N–H and O–H groups in total. The standard InChI is InChI=1S/C24H51N.C12H27N/c1-4-7-10-13-16-19-22-25(23-20-17-14-11-8-5-2)24-21-18-15-12-9-6-3;1-4-7-10-13(11-8-5-2)12-9-6-3/h4-24H2,1-3H3;4-12H2,1-3H3. The highest BCUT2D eigenvalue weighted by atomic mass is 15.1. The number of unbranched alkanes of at least 4 members (excludes halogenated alkanes) is 18. The van der Waals surface area contributed by atoms with Gasteiger partial charge in [0.15, 0.2) is 0 Å². The Bertz CT molecular complexity index is 326. The van der Waals surface area contributed by atoms with Gasteiger partial charge in [0.05, 0.1) is 0 Å². The van der Waals surface area contributed by atoms with E-state index >= 15 is 0 Å². The fraction of sp³-hybridized carbons (Fsp3) is 1.00. The Morgan fingerprint density at radius 2 is 0.395 bits per heavy atom. The molecule has 0 heterocycles. The van der Waals surface area contributed by atoms with Crippen molar-refractivity contribution in [2.24, 2.45) is 0 Å². The van der Waals surface area contributed by atoms with E-state index in [9.17, 15) is 0 Å². The molecule has 2 heteroatoms. The lowest BCUT2D eigenvalue weighted by Crippen LogP contribution is -2.27. The molecular formula is C36H78N2. The van der Waals surface area contributed by atoms with E-state index in [1.807, 2.05) is 0 Å². The molecule has 0 aromatic carbocycles. The van der Waals surface area contributed by atoms with Crippen molar-refractivity contribution in [1.82, 2.24) is 9.80 Å². The van der Waals surface area contributed by atoms with Crippen molar-refractivity contribution in [3.63, 3.8) is 0 Å². The van der Waals surface area contributed by atoms with Crippen molar-refractivity contribution in [1.29, 1.82) is 0 Å². The normalized spacial score (nSPS) is 11.4. The Hall–Kier alpha value is -0.0800. The third-order valence-electron chi connectivity index (χ3n) is 7.97.